The molecule has 0 saturated heterocycles. The van der Waals surface area contributed by atoms with Crippen molar-refractivity contribution in [3.05, 3.63) is 46.5 Å². The Balaban J connectivity index is 2.40. The van der Waals surface area contributed by atoms with E-state index in [1.165, 1.54) is 18.2 Å². The van der Waals surface area contributed by atoms with Gasteiger partial charge in [0.05, 0.1) is 5.56 Å². The van der Waals surface area contributed by atoms with Crippen molar-refractivity contribution in [3.63, 3.8) is 0 Å². The lowest BCUT2D eigenvalue weighted by molar-refractivity contribution is -0.144. The molecule has 1 aromatic carbocycles. The number of alkyl halides is 3. The number of halogens is 4. The molecule has 0 aliphatic heterocycles. The Kier molecular flexibility index (Phi) is 3.76. The summed E-state index contributed by atoms with van der Waals surface area (Å²) < 4.78 is 37.5. The van der Waals surface area contributed by atoms with Gasteiger partial charge in [-0.2, -0.15) is 13.2 Å². The number of benzene rings is 1. The lowest BCUT2D eigenvalue weighted by Crippen LogP contribution is -2.10. The Morgan fingerprint density at radius 3 is 2.25 bits per heavy atom. The fourth-order valence-electron chi connectivity index (χ4n) is 1.50. The van der Waals surface area contributed by atoms with Gasteiger partial charge < -0.3 is 5.11 Å². The van der Waals surface area contributed by atoms with Crippen LogP contribution in [0, 0.1) is 0 Å². The summed E-state index contributed by atoms with van der Waals surface area (Å²) >= 11 is 3.17. The predicted octanol–water partition coefficient (Wildman–Crippen LogP) is 3.62. The molecule has 20 heavy (non-hydrogen) atoms. The highest BCUT2D eigenvalue weighted by Gasteiger charge is 2.34. The molecule has 0 aliphatic carbocycles. The van der Waals surface area contributed by atoms with Crippen LogP contribution in [0.25, 0.3) is 11.1 Å². The van der Waals surface area contributed by atoms with Gasteiger partial charge in [-0.15, -0.1) is 0 Å². The largest absolute Gasteiger partial charge is 0.478 e. The standard InChI is InChI=1S/C12H6BrF3N2O2/c13-9-3-6(10(19)20)1-2-8(9)7-4-17-11(18-5-7)12(14,15)16/h1-5H,(H,19,20). The number of carboxylic acids is 1. The van der Waals surface area contributed by atoms with E-state index in [0.29, 0.717) is 15.6 Å². The van der Waals surface area contributed by atoms with Gasteiger partial charge in [-0.25, -0.2) is 14.8 Å². The third-order valence-electron chi connectivity index (χ3n) is 2.43. The number of aromatic nitrogens is 2. The van der Waals surface area contributed by atoms with Crippen LogP contribution in [0.2, 0.25) is 0 Å². The van der Waals surface area contributed by atoms with Crippen molar-refractivity contribution in [2.24, 2.45) is 0 Å². The lowest BCUT2D eigenvalue weighted by atomic mass is 10.1. The second-order valence-corrected chi connectivity index (χ2v) is 4.65. The molecule has 4 nitrogen and oxygen atoms in total. The predicted molar refractivity (Wildman–Crippen MR) is 67.1 cm³/mol. The van der Waals surface area contributed by atoms with E-state index in [0.717, 1.165) is 12.4 Å². The smallest absolute Gasteiger partial charge is 0.451 e. The maximum Gasteiger partial charge on any atom is 0.451 e. The van der Waals surface area contributed by atoms with E-state index in [-0.39, 0.29) is 5.56 Å². The van der Waals surface area contributed by atoms with E-state index in [2.05, 4.69) is 25.9 Å². The molecule has 104 valence electrons. The van der Waals surface area contributed by atoms with Crippen LogP contribution >= 0.6 is 15.9 Å². The maximum absolute atomic E-state index is 12.3. The Labute approximate surface area is 119 Å². The van der Waals surface area contributed by atoms with E-state index in [1.54, 1.807) is 0 Å². The Morgan fingerprint density at radius 2 is 1.80 bits per heavy atom. The van der Waals surface area contributed by atoms with Crippen molar-refractivity contribution in [1.82, 2.24) is 9.97 Å². The molecule has 0 atom stereocenters. The molecule has 0 saturated carbocycles. The molecule has 0 unspecified atom stereocenters. The number of carboxylic acid groups (broad SMARTS) is 1. The first kappa shape index (κ1) is 14.4. The van der Waals surface area contributed by atoms with Crippen LogP contribution in [0.5, 0.6) is 0 Å². The molecule has 0 spiro atoms. The van der Waals surface area contributed by atoms with Crippen LogP contribution in [0.1, 0.15) is 16.2 Å². The summed E-state index contributed by atoms with van der Waals surface area (Å²) in [7, 11) is 0. The minimum Gasteiger partial charge on any atom is -0.478 e. The average molecular weight is 347 g/mol. The highest BCUT2D eigenvalue weighted by molar-refractivity contribution is 9.10. The molecule has 2 rings (SSSR count). The summed E-state index contributed by atoms with van der Waals surface area (Å²) in [4.78, 5) is 17.3. The molecule has 1 aromatic heterocycles. The summed E-state index contributed by atoms with van der Waals surface area (Å²) in [5.74, 6) is -2.32. The van der Waals surface area contributed by atoms with E-state index in [4.69, 9.17) is 5.11 Å². The zero-order valence-corrected chi connectivity index (χ0v) is 11.2. The van der Waals surface area contributed by atoms with Gasteiger partial charge in [-0.3, -0.25) is 0 Å². The van der Waals surface area contributed by atoms with Gasteiger partial charge in [0.25, 0.3) is 0 Å². The van der Waals surface area contributed by atoms with Crippen molar-refractivity contribution in [2.45, 2.75) is 6.18 Å². The Morgan fingerprint density at radius 1 is 1.20 bits per heavy atom. The molecule has 2 aromatic rings. The molecular weight excluding hydrogens is 341 g/mol. The number of hydrogen-bond donors (Lipinski definition) is 1. The summed E-state index contributed by atoms with van der Waals surface area (Å²) in [6.07, 6.45) is -2.52. The summed E-state index contributed by atoms with van der Waals surface area (Å²) in [5.41, 5.74) is 0.916. The highest BCUT2D eigenvalue weighted by Crippen LogP contribution is 2.30. The second kappa shape index (κ2) is 5.20. The quantitative estimate of drug-likeness (QED) is 0.901. The number of carbonyl (C=O) groups is 1. The first-order chi connectivity index (χ1) is 9.29. The summed E-state index contributed by atoms with van der Waals surface area (Å²) in [6.45, 7) is 0. The van der Waals surface area contributed by atoms with Gasteiger partial charge in [-0.05, 0) is 17.7 Å². The average Bonchev–Trinajstić information content (AvgIpc) is 2.37. The van der Waals surface area contributed by atoms with Gasteiger partial charge in [0.2, 0.25) is 5.82 Å². The second-order valence-electron chi connectivity index (χ2n) is 3.79. The van der Waals surface area contributed by atoms with E-state index in [9.17, 15) is 18.0 Å². The third kappa shape index (κ3) is 2.96. The van der Waals surface area contributed by atoms with Gasteiger partial charge in [-0.1, -0.05) is 22.0 Å². The summed E-state index contributed by atoms with van der Waals surface area (Å²) in [5, 5.41) is 8.83. The fraction of sp³-hybridized carbons (Fsp3) is 0.0833. The van der Waals surface area contributed by atoms with Crippen molar-refractivity contribution in [2.75, 3.05) is 0 Å². The van der Waals surface area contributed by atoms with Gasteiger partial charge >= 0.3 is 12.1 Å². The number of aromatic carboxylic acids is 1. The molecule has 1 N–H and O–H groups in total. The molecule has 0 bridgehead atoms. The number of rotatable bonds is 2. The SMILES string of the molecule is O=C(O)c1ccc(-c2cnc(C(F)(F)F)nc2)c(Br)c1. The lowest BCUT2D eigenvalue weighted by Gasteiger charge is -2.07. The normalized spacial score (nSPS) is 11.4. The molecule has 0 radical (unpaired) electrons. The van der Waals surface area contributed by atoms with Crippen LogP contribution in [0.3, 0.4) is 0 Å². The van der Waals surface area contributed by atoms with Crippen molar-refractivity contribution < 1.29 is 23.1 Å². The zero-order valence-electron chi connectivity index (χ0n) is 9.65. The topological polar surface area (TPSA) is 63.1 Å². The van der Waals surface area contributed by atoms with Crippen molar-refractivity contribution >= 4 is 21.9 Å². The Hall–Kier alpha value is -1.96. The van der Waals surface area contributed by atoms with E-state index < -0.39 is 18.0 Å². The minimum atomic E-state index is -4.59. The van der Waals surface area contributed by atoms with Crippen molar-refractivity contribution in [3.8, 4) is 11.1 Å². The van der Waals surface area contributed by atoms with Gasteiger partial charge in [0.15, 0.2) is 0 Å². The maximum atomic E-state index is 12.3. The third-order valence-corrected chi connectivity index (χ3v) is 3.09. The van der Waals surface area contributed by atoms with Gasteiger partial charge in [0, 0.05) is 22.4 Å². The van der Waals surface area contributed by atoms with Crippen molar-refractivity contribution in [1.29, 1.82) is 0 Å². The number of hydrogen-bond acceptors (Lipinski definition) is 3. The first-order valence-electron chi connectivity index (χ1n) is 5.21. The fourth-order valence-corrected chi connectivity index (χ4v) is 2.10. The van der Waals surface area contributed by atoms with Crippen LogP contribution in [0.15, 0.2) is 35.1 Å². The molecular formula is C12H6BrF3N2O2. The van der Waals surface area contributed by atoms with Gasteiger partial charge in [0.1, 0.15) is 0 Å². The van der Waals surface area contributed by atoms with Crippen LogP contribution in [0.4, 0.5) is 13.2 Å². The molecule has 1 heterocycles. The monoisotopic (exact) mass is 346 g/mol. The van der Waals surface area contributed by atoms with E-state index in [1.807, 2.05) is 0 Å². The highest BCUT2D eigenvalue weighted by atomic mass is 79.9. The Bertz CT molecular complexity index is 657. The molecule has 0 aliphatic rings. The molecule has 0 fully saturated rings. The molecule has 0 amide bonds. The number of nitrogens with zero attached hydrogens (tertiary/aromatic N) is 2. The minimum absolute atomic E-state index is 0.0634. The summed E-state index contributed by atoms with van der Waals surface area (Å²) in [6, 6.07) is 4.18. The zero-order chi connectivity index (χ0) is 14.9. The van der Waals surface area contributed by atoms with Crippen LogP contribution < -0.4 is 0 Å². The van der Waals surface area contributed by atoms with E-state index >= 15 is 0 Å². The van der Waals surface area contributed by atoms with Crippen LogP contribution in [-0.2, 0) is 6.18 Å². The van der Waals surface area contributed by atoms with Crippen LogP contribution in [-0.4, -0.2) is 21.0 Å². The molecule has 8 heteroatoms. The first-order valence-corrected chi connectivity index (χ1v) is 6.01.